The Kier molecular flexibility index (Phi) is 3.94. The molecule has 1 N–H and O–H groups in total. The van der Waals surface area contributed by atoms with Crippen LogP contribution in [0, 0.1) is 5.92 Å². The average molecular weight is 320 g/mol. The van der Waals surface area contributed by atoms with Gasteiger partial charge < -0.3 is 14.6 Å². The lowest BCUT2D eigenvalue weighted by Gasteiger charge is -2.49. The normalized spacial score (nSPS) is 39.7. The smallest absolute Gasteiger partial charge is 0.230 e. The number of aliphatic hydroxyl groups excluding tert-OH is 1. The lowest BCUT2D eigenvalue weighted by atomic mass is 9.73. The molecule has 5 nitrogen and oxygen atoms in total. The van der Waals surface area contributed by atoms with Gasteiger partial charge in [-0.2, -0.15) is 4.89 Å². The number of hydrogen-bond donors (Lipinski definition) is 1. The largest absolute Gasteiger partial charge is 0.392 e. The summed E-state index contributed by atoms with van der Waals surface area (Å²) < 4.78 is 12.0. The van der Waals surface area contributed by atoms with Crippen molar-refractivity contribution in [2.75, 3.05) is 7.11 Å². The molecule has 3 aliphatic heterocycles. The van der Waals surface area contributed by atoms with Crippen LogP contribution in [0.2, 0.25) is 0 Å². The van der Waals surface area contributed by atoms with Crippen molar-refractivity contribution in [3.05, 3.63) is 35.4 Å². The van der Waals surface area contributed by atoms with E-state index in [9.17, 15) is 5.11 Å². The highest BCUT2D eigenvalue weighted by atomic mass is 17.3. The fourth-order valence-electron chi connectivity index (χ4n) is 4.36. The van der Waals surface area contributed by atoms with Crippen LogP contribution in [0.15, 0.2) is 24.3 Å². The Labute approximate surface area is 136 Å². The molecule has 0 radical (unpaired) electrons. The van der Waals surface area contributed by atoms with Crippen molar-refractivity contribution in [2.24, 2.45) is 5.92 Å². The second kappa shape index (κ2) is 5.83. The number of rotatable bonds is 3. The molecule has 1 spiro atoms. The first kappa shape index (κ1) is 15.5. The standard InChI is InChI=1S/C18H24O5/c1-20-16-17-10-3-2-4-14(17)9-11-18(21-16,23-22-17)15-7-5-13(12-19)6-8-15/h5-8,14,16,19H,2-4,9-12H2,1H3/t14-,16?,17+,18+/m1/s1. The van der Waals surface area contributed by atoms with Crippen molar-refractivity contribution in [1.82, 2.24) is 0 Å². The van der Waals surface area contributed by atoms with Gasteiger partial charge in [0.25, 0.3) is 0 Å². The number of hydrogen-bond acceptors (Lipinski definition) is 5. The summed E-state index contributed by atoms with van der Waals surface area (Å²) in [4.78, 5) is 11.9. The second-order valence-electron chi connectivity index (χ2n) is 6.90. The molecule has 1 aromatic rings. The van der Waals surface area contributed by atoms with E-state index in [0.717, 1.165) is 43.2 Å². The van der Waals surface area contributed by atoms with E-state index >= 15 is 0 Å². The van der Waals surface area contributed by atoms with Gasteiger partial charge in [0.15, 0.2) is 11.9 Å². The lowest BCUT2D eigenvalue weighted by molar-refractivity contribution is -0.558. The zero-order chi connectivity index (χ0) is 15.9. The summed E-state index contributed by atoms with van der Waals surface area (Å²) in [5.74, 6) is -0.514. The van der Waals surface area contributed by atoms with E-state index in [0.29, 0.717) is 5.92 Å². The molecule has 23 heavy (non-hydrogen) atoms. The van der Waals surface area contributed by atoms with E-state index in [-0.39, 0.29) is 6.61 Å². The first-order valence-electron chi connectivity index (χ1n) is 8.50. The van der Waals surface area contributed by atoms with E-state index in [1.807, 2.05) is 24.3 Å². The molecule has 5 rings (SSSR count). The molecule has 4 aliphatic rings. The van der Waals surface area contributed by atoms with Crippen LogP contribution in [0.3, 0.4) is 0 Å². The lowest BCUT2D eigenvalue weighted by Crippen LogP contribution is -2.59. The molecular formula is C18H24O5. The van der Waals surface area contributed by atoms with Crippen molar-refractivity contribution in [3.63, 3.8) is 0 Å². The minimum atomic E-state index is -0.919. The molecule has 126 valence electrons. The van der Waals surface area contributed by atoms with Gasteiger partial charge in [-0.05, 0) is 30.7 Å². The van der Waals surface area contributed by atoms with Gasteiger partial charge in [0.1, 0.15) is 0 Å². The predicted molar refractivity (Wildman–Crippen MR) is 82.0 cm³/mol. The first-order valence-corrected chi connectivity index (χ1v) is 8.50. The molecule has 3 heterocycles. The van der Waals surface area contributed by atoms with Gasteiger partial charge in [-0.3, -0.25) is 0 Å². The van der Waals surface area contributed by atoms with Gasteiger partial charge >= 0.3 is 0 Å². The van der Waals surface area contributed by atoms with E-state index in [1.165, 1.54) is 6.42 Å². The molecule has 4 atom stereocenters. The third kappa shape index (κ3) is 2.34. The number of methoxy groups -OCH3 is 1. The maximum absolute atomic E-state index is 9.23. The van der Waals surface area contributed by atoms with Gasteiger partial charge in [0.05, 0.1) is 6.61 Å². The Bertz CT molecular complexity index is 555. The third-order valence-corrected chi connectivity index (χ3v) is 5.70. The van der Waals surface area contributed by atoms with Crippen LogP contribution in [0.4, 0.5) is 0 Å². The molecule has 0 aromatic heterocycles. The van der Waals surface area contributed by atoms with Crippen molar-refractivity contribution >= 4 is 0 Å². The van der Waals surface area contributed by atoms with Crippen LogP contribution in [-0.2, 0) is 31.6 Å². The van der Waals surface area contributed by atoms with Gasteiger partial charge in [-0.1, -0.05) is 37.1 Å². The summed E-state index contributed by atoms with van der Waals surface area (Å²) in [5.41, 5.74) is 1.30. The van der Waals surface area contributed by atoms with E-state index in [4.69, 9.17) is 19.2 Å². The van der Waals surface area contributed by atoms with Crippen LogP contribution >= 0.6 is 0 Å². The fraction of sp³-hybridized carbons (Fsp3) is 0.667. The Morgan fingerprint density at radius 3 is 2.70 bits per heavy atom. The van der Waals surface area contributed by atoms with Gasteiger partial charge in [0.2, 0.25) is 5.79 Å². The molecule has 1 aliphatic carbocycles. The van der Waals surface area contributed by atoms with Crippen LogP contribution in [0.25, 0.3) is 0 Å². The number of ether oxygens (including phenoxy) is 2. The Morgan fingerprint density at radius 2 is 1.96 bits per heavy atom. The summed E-state index contributed by atoms with van der Waals surface area (Å²) in [6.07, 6.45) is 5.72. The molecule has 1 saturated carbocycles. The zero-order valence-electron chi connectivity index (χ0n) is 13.5. The minimum Gasteiger partial charge on any atom is -0.392 e. The molecule has 5 heteroatoms. The Balaban J connectivity index is 1.70. The average Bonchev–Trinajstić information content (AvgIpc) is 2.88. The fourth-order valence-corrected chi connectivity index (χ4v) is 4.36. The molecule has 2 bridgehead atoms. The van der Waals surface area contributed by atoms with Gasteiger partial charge in [-0.15, -0.1) is 0 Å². The summed E-state index contributed by atoms with van der Waals surface area (Å²) in [6, 6.07) is 7.66. The maximum Gasteiger partial charge on any atom is 0.230 e. The van der Waals surface area contributed by atoms with Crippen LogP contribution in [-0.4, -0.2) is 24.1 Å². The maximum atomic E-state index is 9.23. The Morgan fingerprint density at radius 1 is 1.13 bits per heavy atom. The van der Waals surface area contributed by atoms with Crippen molar-refractivity contribution in [1.29, 1.82) is 0 Å². The van der Waals surface area contributed by atoms with Crippen LogP contribution in [0.1, 0.15) is 49.7 Å². The van der Waals surface area contributed by atoms with Crippen LogP contribution < -0.4 is 0 Å². The highest BCUT2D eigenvalue weighted by molar-refractivity contribution is 5.26. The molecule has 0 amide bonds. The van der Waals surface area contributed by atoms with Gasteiger partial charge in [-0.25, -0.2) is 4.89 Å². The van der Waals surface area contributed by atoms with Gasteiger partial charge in [0, 0.05) is 19.1 Å². The van der Waals surface area contributed by atoms with Crippen LogP contribution in [0.5, 0.6) is 0 Å². The van der Waals surface area contributed by atoms with E-state index in [1.54, 1.807) is 7.11 Å². The molecular weight excluding hydrogens is 296 g/mol. The number of aliphatic hydroxyl groups is 1. The zero-order valence-corrected chi connectivity index (χ0v) is 13.5. The summed E-state index contributed by atoms with van der Waals surface area (Å²) in [7, 11) is 1.68. The number of fused-ring (bicyclic) bond motifs is 3. The molecule has 4 fully saturated rings. The monoisotopic (exact) mass is 320 g/mol. The Hall–Kier alpha value is -0.980. The summed E-state index contributed by atoms with van der Waals surface area (Å²) in [5, 5.41) is 9.23. The van der Waals surface area contributed by atoms with E-state index < -0.39 is 17.7 Å². The van der Waals surface area contributed by atoms with Crippen molar-refractivity contribution < 1.29 is 24.4 Å². The topological polar surface area (TPSA) is 57.2 Å². The minimum absolute atomic E-state index is 0.0252. The van der Waals surface area contributed by atoms with Crippen molar-refractivity contribution in [3.8, 4) is 0 Å². The van der Waals surface area contributed by atoms with E-state index in [2.05, 4.69) is 0 Å². The molecule has 3 saturated heterocycles. The highest BCUT2D eigenvalue weighted by Gasteiger charge is 2.61. The highest BCUT2D eigenvalue weighted by Crippen LogP contribution is 2.55. The quantitative estimate of drug-likeness (QED) is 0.868. The second-order valence-corrected chi connectivity index (χ2v) is 6.90. The summed E-state index contributed by atoms with van der Waals surface area (Å²) >= 11 is 0. The number of benzene rings is 1. The predicted octanol–water partition coefficient (Wildman–Crippen LogP) is 3.01. The molecule has 1 unspecified atom stereocenters. The molecule has 1 aromatic carbocycles. The third-order valence-electron chi connectivity index (χ3n) is 5.70. The SMILES string of the molecule is COC1O[C@@]2(c3ccc(CO)cc3)CC[C@H]3CCCC[C@@]13OO2. The summed E-state index contributed by atoms with van der Waals surface area (Å²) in [6.45, 7) is 0.0252. The first-order chi connectivity index (χ1) is 11.2. The van der Waals surface area contributed by atoms with Crippen molar-refractivity contribution in [2.45, 2.75) is 62.8 Å².